The minimum atomic E-state index is -0.417. The molecule has 1 N–H and O–H groups in total. The fourth-order valence-electron chi connectivity index (χ4n) is 3.38. The number of anilines is 2. The molecule has 158 valence electrons. The van der Waals surface area contributed by atoms with Crippen molar-refractivity contribution in [3.05, 3.63) is 77.8 Å². The Bertz CT molecular complexity index is 1070. The fraction of sp³-hybridized carbons (Fsp3) is 0.167. The molecule has 0 saturated carbocycles. The summed E-state index contributed by atoms with van der Waals surface area (Å²) < 4.78 is 10.9. The van der Waals surface area contributed by atoms with Gasteiger partial charge < -0.3 is 19.7 Å². The lowest BCUT2D eigenvalue weighted by molar-refractivity contribution is -0.122. The van der Waals surface area contributed by atoms with E-state index in [4.69, 9.17) is 21.1 Å². The van der Waals surface area contributed by atoms with E-state index in [-0.39, 0.29) is 18.2 Å². The van der Waals surface area contributed by atoms with Crippen LogP contribution in [-0.4, -0.2) is 25.5 Å². The maximum Gasteiger partial charge on any atom is 0.229 e. The summed E-state index contributed by atoms with van der Waals surface area (Å²) in [6, 6.07) is 21.4. The zero-order valence-electron chi connectivity index (χ0n) is 16.9. The molecule has 6 nitrogen and oxygen atoms in total. The maximum atomic E-state index is 12.7. The molecule has 4 rings (SSSR count). The lowest BCUT2D eigenvalue weighted by Gasteiger charge is -2.17. The third-order valence-electron chi connectivity index (χ3n) is 5.05. The summed E-state index contributed by atoms with van der Waals surface area (Å²) in [5, 5.41) is 3.52. The van der Waals surface area contributed by atoms with E-state index in [1.807, 2.05) is 12.1 Å². The number of nitrogens with zero attached hydrogens (tertiary/aromatic N) is 1. The Hall–Kier alpha value is -3.51. The second kappa shape index (κ2) is 9.10. The Morgan fingerprint density at radius 1 is 0.935 bits per heavy atom. The molecule has 0 unspecified atom stereocenters. The van der Waals surface area contributed by atoms with Gasteiger partial charge in [0, 0.05) is 29.4 Å². The molecule has 1 aliphatic heterocycles. The molecule has 1 atom stereocenters. The van der Waals surface area contributed by atoms with E-state index in [1.54, 1.807) is 72.7 Å². The molecule has 1 saturated heterocycles. The van der Waals surface area contributed by atoms with Crippen molar-refractivity contribution in [2.24, 2.45) is 5.92 Å². The predicted octanol–water partition coefficient (Wildman–Crippen LogP) is 5.13. The van der Waals surface area contributed by atoms with Crippen LogP contribution in [0.5, 0.6) is 17.2 Å². The van der Waals surface area contributed by atoms with Crippen LogP contribution in [-0.2, 0) is 9.59 Å². The molecule has 0 spiro atoms. The van der Waals surface area contributed by atoms with Gasteiger partial charge in [-0.2, -0.15) is 0 Å². The van der Waals surface area contributed by atoms with Crippen molar-refractivity contribution in [2.75, 3.05) is 23.9 Å². The van der Waals surface area contributed by atoms with E-state index in [1.165, 1.54) is 0 Å². The van der Waals surface area contributed by atoms with Gasteiger partial charge in [0.05, 0.1) is 13.0 Å². The Balaban J connectivity index is 1.35. The number of carbonyl (C=O) groups excluding carboxylic acids is 2. The molecule has 0 aliphatic carbocycles. The van der Waals surface area contributed by atoms with Crippen LogP contribution in [0.25, 0.3) is 0 Å². The summed E-state index contributed by atoms with van der Waals surface area (Å²) in [5.41, 5.74) is 1.40. The first-order valence-electron chi connectivity index (χ1n) is 9.80. The topological polar surface area (TPSA) is 67.9 Å². The number of ether oxygens (including phenoxy) is 2. The molecular weight excluding hydrogens is 416 g/mol. The van der Waals surface area contributed by atoms with Crippen LogP contribution in [0.4, 0.5) is 11.4 Å². The van der Waals surface area contributed by atoms with E-state index in [0.717, 1.165) is 5.69 Å². The third-order valence-corrected chi connectivity index (χ3v) is 5.30. The Morgan fingerprint density at radius 2 is 1.52 bits per heavy atom. The molecule has 3 aromatic rings. The molecule has 2 amide bonds. The van der Waals surface area contributed by atoms with Crippen LogP contribution < -0.4 is 19.7 Å². The summed E-state index contributed by atoms with van der Waals surface area (Å²) >= 11 is 5.88. The molecule has 1 fully saturated rings. The van der Waals surface area contributed by atoms with E-state index < -0.39 is 5.92 Å². The first-order chi connectivity index (χ1) is 15.0. The highest BCUT2D eigenvalue weighted by molar-refractivity contribution is 6.30. The zero-order chi connectivity index (χ0) is 21.8. The predicted molar refractivity (Wildman–Crippen MR) is 120 cm³/mol. The number of rotatable bonds is 6. The highest BCUT2D eigenvalue weighted by Crippen LogP contribution is 2.28. The molecule has 0 aromatic heterocycles. The number of halogens is 1. The third kappa shape index (κ3) is 4.98. The van der Waals surface area contributed by atoms with E-state index >= 15 is 0 Å². The van der Waals surface area contributed by atoms with Crippen LogP contribution in [0.15, 0.2) is 72.8 Å². The number of hydrogen-bond donors (Lipinski definition) is 1. The monoisotopic (exact) mass is 436 g/mol. The van der Waals surface area contributed by atoms with Crippen LogP contribution in [0.1, 0.15) is 6.42 Å². The minimum absolute atomic E-state index is 0.0722. The van der Waals surface area contributed by atoms with Gasteiger partial charge in [0.1, 0.15) is 17.2 Å². The van der Waals surface area contributed by atoms with E-state index in [9.17, 15) is 9.59 Å². The van der Waals surface area contributed by atoms with Gasteiger partial charge in [0.2, 0.25) is 11.8 Å². The van der Waals surface area contributed by atoms with Crippen LogP contribution in [0.3, 0.4) is 0 Å². The minimum Gasteiger partial charge on any atom is -0.497 e. The summed E-state index contributed by atoms with van der Waals surface area (Å²) in [6.45, 7) is 0.342. The molecular formula is C24H21ClN2O4. The number of carbonyl (C=O) groups is 2. The van der Waals surface area contributed by atoms with Gasteiger partial charge >= 0.3 is 0 Å². The molecule has 1 heterocycles. The second-order valence-corrected chi connectivity index (χ2v) is 7.61. The highest BCUT2D eigenvalue weighted by Gasteiger charge is 2.35. The van der Waals surface area contributed by atoms with Crippen LogP contribution >= 0.6 is 11.6 Å². The molecule has 0 bridgehead atoms. The average molecular weight is 437 g/mol. The van der Waals surface area contributed by atoms with Gasteiger partial charge in [0.25, 0.3) is 0 Å². The van der Waals surface area contributed by atoms with Gasteiger partial charge in [-0.25, -0.2) is 0 Å². The SMILES string of the molecule is COc1ccc(N2C[C@@H](C(=O)Nc3ccc(Oc4ccc(Cl)cc4)cc3)CC2=O)cc1. The van der Waals surface area contributed by atoms with Crippen LogP contribution in [0, 0.1) is 5.92 Å². The van der Waals surface area contributed by atoms with Crippen LogP contribution in [0.2, 0.25) is 5.02 Å². The van der Waals surface area contributed by atoms with E-state index in [2.05, 4.69) is 5.32 Å². The van der Waals surface area contributed by atoms with Crippen molar-refractivity contribution in [1.29, 1.82) is 0 Å². The van der Waals surface area contributed by atoms with Gasteiger partial charge in [-0.3, -0.25) is 9.59 Å². The number of benzene rings is 3. The van der Waals surface area contributed by atoms with Crippen molar-refractivity contribution in [3.63, 3.8) is 0 Å². The average Bonchev–Trinajstić information content (AvgIpc) is 3.18. The van der Waals surface area contributed by atoms with Crippen molar-refractivity contribution in [3.8, 4) is 17.2 Å². The summed E-state index contributed by atoms with van der Waals surface area (Å²) in [4.78, 5) is 26.7. The van der Waals surface area contributed by atoms with Crippen molar-refractivity contribution >= 4 is 34.8 Å². The molecule has 0 radical (unpaired) electrons. The maximum absolute atomic E-state index is 12.7. The lowest BCUT2D eigenvalue weighted by Crippen LogP contribution is -2.28. The Kier molecular flexibility index (Phi) is 6.09. The smallest absolute Gasteiger partial charge is 0.229 e. The first kappa shape index (κ1) is 20.8. The van der Waals surface area contributed by atoms with Crippen molar-refractivity contribution < 1.29 is 19.1 Å². The normalized spacial score (nSPS) is 15.6. The molecule has 31 heavy (non-hydrogen) atoms. The highest BCUT2D eigenvalue weighted by atomic mass is 35.5. The number of nitrogens with one attached hydrogen (secondary N) is 1. The Morgan fingerprint density at radius 3 is 2.13 bits per heavy atom. The summed E-state index contributed by atoms with van der Waals surface area (Å²) in [6.07, 6.45) is 0.176. The van der Waals surface area contributed by atoms with Crippen molar-refractivity contribution in [2.45, 2.75) is 6.42 Å². The number of methoxy groups -OCH3 is 1. The van der Waals surface area contributed by atoms with E-state index in [0.29, 0.717) is 34.5 Å². The second-order valence-electron chi connectivity index (χ2n) is 7.17. The number of hydrogen-bond acceptors (Lipinski definition) is 4. The largest absolute Gasteiger partial charge is 0.497 e. The molecule has 3 aromatic carbocycles. The standard InChI is InChI=1S/C24H21ClN2O4/c1-30-20-12-6-19(7-13-20)27-15-16(14-23(27)28)24(29)26-18-4-10-22(11-5-18)31-21-8-2-17(25)3-9-21/h2-13,16H,14-15H2,1H3,(H,26,29)/t16-/m0/s1. The van der Waals surface area contributed by atoms with Gasteiger partial charge in [-0.15, -0.1) is 0 Å². The molecule has 1 aliphatic rings. The summed E-state index contributed by atoms with van der Waals surface area (Å²) in [5.74, 6) is 1.35. The summed E-state index contributed by atoms with van der Waals surface area (Å²) in [7, 11) is 1.59. The van der Waals surface area contributed by atoms with Gasteiger partial charge in [0.15, 0.2) is 0 Å². The Labute approximate surface area is 185 Å². The zero-order valence-corrected chi connectivity index (χ0v) is 17.6. The fourth-order valence-corrected chi connectivity index (χ4v) is 3.51. The first-order valence-corrected chi connectivity index (χ1v) is 10.2. The quantitative estimate of drug-likeness (QED) is 0.581. The van der Waals surface area contributed by atoms with Gasteiger partial charge in [-0.05, 0) is 72.8 Å². The number of amides is 2. The lowest BCUT2D eigenvalue weighted by atomic mass is 10.1. The van der Waals surface area contributed by atoms with Gasteiger partial charge in [-0.1, -0.05) is 11.6 Å². The molecule has 7 heteroatoms. The van der Waals surface area contributed by atoms with Crippen molar-refractivity contribution in [1.82, 2.24) is 0 Å².